The molecule has 1 rings (SSSR count). The molecule has 16 heavy (non-hydrogen) atoms. The van der Waals surface area contributed by atoms with Gasteiger partial charge in [-0.3, -0.25) is 4.99 Å². The summed E-state index contributed by atoms with van der Waals surface area (Å²) in [6.45, 7) is 7.20. The maximum absolute atomic E-state index is 4.42. The largest absolute Gasteiger partial charge is 0.261 e. The molecule has 0 atom stereocenters. The first-order valence-corrected chi connectivity index (χ1v) is 11.0. The predicted molar refractivity (Wildman–Crippen MR) is 79.6 cm³/mol. The lowest BCUT2D eigenvalue weighted by atomic mass is 10.3. The van der Waals surface area contributed by atoms with Crippen molar-refractivity contribution in [2.24, 2.45) is 4.99 Å². The number of unbranched alkanes of at least 4 members (excludes halogenated alkanes) is 1. The van der Waals surface area contributed by atoms with Crippen LogP contribution in [0, 0.1) is 0 Å². The molecule has 0 aliphatic carbocycles. The lowest BCUT2D eigenvalue weighted by molar-refractivity contribution is 1.03. The van der Waals surface area contributed by atoms with E-state index in [4.69, 9.17) is 0 Å². The smallest absolute Gasteiger partial charge is 0.108 e. The first-order valence-electron chi connectivity index (χ1n) is 5.79. The summed E-state index contributed by atoms with van der Waals surface area (Å²) in [5.41, 5.74) is 1.06. The molecule has 0 saturated heterocycles. The van der Waals surface area contributed by atoms with Crippen LogP contribution in [0.1, 0.15) is 12.8 Å². The van der Waals surface area contributed by atoms with Gasteiger partial charge in [0.25, 0.3) is 0 Å². The third-order valence-electron chi connectivity index (χ3n) is 2.01. The van der Waals surface area contributed by atoms with Gasteiger partial charge in [0.05, 0.1) is 5.69 Å². The van der Waals surface area contributed by atoms with E-state index < -0.39 is 7.22 Å². The Morgan fingerprint density at radius 2 is 1.88 bits per heavy atom. The fraction of sp³-hybridized carbons (Fsp3) is 0.462. The van der Waals surface area contributed by atoms with Crippen molar-refractivity contribution in [2.45, 2.75) is 32.5 Å². The molecule has 0 aliphatic heterocycles. The Morgan fingerprint density at radius 1 is 1.19 bits per heavy atom. The summed E-state index contributed by atoms with van der Waals surface area (Å²) in [6, 6.07) is 10.1. The average Bonchev–Trinajstić information content (AvgIpc) is 2.23. The molecule has 0 bridgehead atoms. The number of benzene rings is 1. The molecular weight excluding hydrogens is 230 g/mol. The van der Waals surface area contributed by atoms with Crippen molar-refractivity contribution in [3.05, 3.63) is 30.3 Å². The van der Waals surface area contributed by atoms with E-state index in [1.54, 1.807) is 0 Å². The highest BCUT2D eigenvalue weighted by atomic mass is 32.4. The van der Waals surface area contributed by atoms with Crippen LogP contribution in [0.2, 0.25) is 19.6 Å². The van der Waals surface area contributed by atoms with Gasteiger partial charge in [0.2, 0.25) is 0 Å². The Kier molecular flexibility index (Phi) is 5.84. The van der Waals surface area contributed by atoms with Crippen molar-refractivity contribution in [3.8, 4) is 0 Å². The number of para-hydroxylation sites is 1. The van der Waals surface area contributed by atoms with Gasteiger partial charge in [-0.15, -0.1) is 0 Å². The van der Waals surface area contributed by atoms with Crippen LogP contribution >= 0.6 is 11.2 Å². The normalized spacial score (nSPS) is 12.2. The Morgan fingerprint density at radius 3 is 2.50 bits per heavy atom. The van der Waals surface area contributed by atoms with Crippen LogP contribution in [0.25, 0.3) is 0 Å². The summed E-state index contributed by atoms with van der Waals surface area (Å²) in [5, 5.41) is 0. The number of hydrogen-bond acceptors (Lipinski definition) is 2. The zero-order chi connectivity index (χ0) is 11.9. The summed E-state index contributed by atoms with van der Waals surface area (Å²) >= 11 is 2.16. The van der Waals surface area contributed by atoms with Gasteiger partial charge >= 0.3 is 0 Å². The van der Waals surface area contributed by atoms with E-state index in [0.717, 1.165) is 12.1 Å². The Balaban J connectivity index is 2.14. The second kappa shape index (κ2) is 6.92. The van der Waals surface area contributed by atoms with Crippen LogP contribution in [-0.4, -0.2) is 19.2 Å². The first-order chi connectivity index (χ1) is 7.58. The lowest BCUT2D eigenvalue weighted by Gasteiger charge is -2.13. The van der Waals surface area contributed by atoms with Crippen molar-refractivity contribution < 1.29 is 0 Å². The Hall–Kier alpha value is -0.543. The summed E-state index contributed by atoms with van der Waals surface area (Å²) in [5.74, 6) is 1.27. The highest BCUT2D eigenvalue weighted by Crippen LogP contribution is 2.20. The van der Waals surface area contributed by atoms with E-state index in [9.17, 15) is 0 Å². The van der Waals surface area contributed by atoms with Crippen molar-refractivity contribution in [1.29, 1.82) is 0 Å². The summed E-state index contributed by atoms with van der Waals surface area (Å²) < 4.78 is 0. The molecule has 0 N–H and O–H groups in total. The highest BCUT2D eigenvalue weighted by Gasteiger charge is 2.11. The maximum Gasteiger partial charge on any atom is 0.108 e. The van der Waals surface area contributed by atoms with Gasteiger partial charge in [-0.05, 0) is 30.7 Å². The third kappa shape index (κ3) is 6.85. The SMILES string of the molecule is C[Si](C)(C)SCCCC=Nc1ccccc1. The van der Waals surface area contributed by atoms with Gasteiger partial charge in [0.1, 0.15) is 7.22 Å². The second-order valence-electron chi connectivity index (χ2n) is 4.75. The van der Waals surface area contributed by atoms with Crippen molar-refractivity contribution >= 4 is 30.3 Å². The fourth-order valence-corrected chi connectivity index (χ4v) is 4.43. The van der Waals surface area contributed by atoms with Crippen LogP contribution in [-0.2, 0) is 0 Å². The van der Waals surface area contributed by atoms with E-state index >= 15 is 0 Å². The minimum absolute atomic E-state index is 0.909. The molecule has 0 fully saturated rings. The molecule has 1 aromatic carbocycles. The van der Waals surface area contributed by atoms with Gasteiger partial charge in [-0.25, -0.2) is 0 Å². The number of nitrogens with zero attached hydrogens (tertiary/aromatic N) is 1. The van der Waals surface area contributed by atoms with E-state index in [1.165, 1.54) is 12.2 Å². The summed E-state index contributed by atoms with van der Waals surface area (Å²) in [7, 11) is -0.909. The quantitative estimate of drug-likeness (QED) is 0.404. The molecule has 0 aromatic heterocycles. The van der Waals surface area contributed by atoms with Crippen molar-refractivity contribution in [2.75, 3.05) is 5.75 Å². The van der Waals surface area contributed by atoms with E-state index in [1.807, 2.05) is 36.5 Å². The van der Waals surface area contributed by atoms with Crippen molar-refractivity contribution in [1.82, 2.24) is 0 Å². The van der Waals surface area contributed by atoms with Gasteiger partial charge < -0.3 is 0 Å². The van der Waals surface area contributed by atoms with Gasteiger partial charge in [0, 0.05) is 6.21 Å². The fourth-order valence-electron chi connectivity index (χ4n) is 1.24. The van der Waals surface area contributed by atoms with E-state index in [0.29, 0.717) is 0 Å². The van der Waals surface area contributed by atoms with Crippen LogP contribution in [0.4, 0.5) is 5.69 Å². The third-order valence-corrected chi connectivity index (χ3v) is 6.58. The van der Waals surface area contributed by atoms with Crippen LogP contribution in [0.15, 0.2) is 35.3 Å². The number of hydrogen-bond donors (Lipinski definition) is 0. The number of aliphatic imine (C=N–C) groups is 1. The Bertz CT molecular complexity index is 316. The molecule has 0 amide bonds. The monoisotopic (exact) mass is 251 g/mol. The molecule has 0 spiro atoms. The summed E-state index contributed by atoms with van der Waals surface area (Å²) in [6.07, 6.45) is 4.37. The standard InChI is InChI=1S/C13H21NSSi/c1-16(2,3)15-12-8-7-11-14-13-9-5-4-6-10-13/h4-6,9-11H,7-8,12H2,1-3H3. The average molecular weight is 251 g/mol. The first kappa shape index (κ1) is 13.5. The van der Waals surface area contributed by atoms with Gasteiger partial charge in [-0.2, -0.15) is 11.2 Å². The van der Waals surface area contributed by atoms with Crippen LogP contribution in [0.5, 0.6) is 0 Å². The molecule has 0 heterocycles. The van der Waals surface area contributed by atoms with E-state index in [-0.39, 0.29) is 0 Å². The lowest BCUT2D eigenvalue weighted by Crippen LogP contribution is -2.14. The van der Waals surface area contributed by atoms with Gasteiger partial charge in [0.15, 0.2) is 0 Å². The molecule has 88 valence electrons. The van der Waals surface area contributed by atoms with Crippen molar-refractivity contribution in [3.63, 3.8) is 0 Å². The molecule has 0 unspecified atom stereocenters. The van der Waals surface area contributed by atoms with Gasteiger partial charge in [-0.1, -0.05) is 37.8 Å². The van der Waals surface area contributed by atoms with E-state index in [2.05, 4.69) is 35.8 Å². The topological polar surface area (TPSA) is 12.4 Å². The molecule has 0 radical (unpaired) electrons. The number of rotatable bonds is 6. The highest BCUT2D eigenvalue weighted by molar-refractivity contribution is 8.28. The summed E-state index contributed by atoms with van der Waals surface area (Å²) in [4.78, 5) is 4.42. The molecule has 0 saturated carbocycles. The molecule has 0 aliphatic rings. The molecule has 1 nitrogen and oxygen atoms in total. The van der Waals surface area contributed by atoms with Crippen LogP contribution in [0.3, 0.4) is 0 Å². The zero-order valence-corrected chi connectivity index (χ0v) is 12.3. The minimum Gasteiger partial charge on any atom is -0.261 e. The maximum atomic E-state index is 4.42. The van der Waals surface area contributed by atoms with Crippen LogP contribution < -0.4 is 0 Å². The molecule has 1 aromatic rings. The zero-order valence-electron chi connectivity index (χ0n) is 10.4. The second-order valence-corrected chi connectivity index (χ2v) is 14.2. The molecular formula is C13H21NSSi. The molecule has 3 heteroatoms. The predicted octanol–water partition coefficient (Wildman–Crippen LogP) is 4.74. The Labute approximate surface area is 104 Å². The minimum atomic E-state index is -0.909.